The van der Waals surface area contributed by atoms with Gasteiger partial charge in [0.2, 0.25) is 0 Å². The van der Waals surface area contributed by atoms with Gasteiger partial charge < -0.3 is 0 Å². The summed E-state index contributed by atoms with van der Waals surface area (Å²) in [6.07, 6.45) is 5.91. The van der Waals surface area contributed by atoms with Crippen LogP contribution >= 0.6 is 0 Å². The summed E-state index contributed by atoms with van der Waals surface area (Å²) in [5.74, 6) is -0.731. The summed E-state index contributed by atoms with van der Waals surface area (Å²) in [7, 11) is 0. The molecule has 2 aromatic rings. The van der Waals surface area contributed by atoms with E-state index >= 15 is 0 Å². The van der Waals surface area contributed by atoms with Crippen LogP contribution in [0.2, 0.25) is 0 Å². The fourth-order valence-electron chi connectivity index (χ4n) is 2.18. The molecule has 0 aromatic heterocycles. The van der Waals surface area contributed by atoms with Crippen LogP contribution in [0.1, 0.15) is 40.4 Å². The van der Waals surface area contributed by atoms with E-state index in [0.29, 0.717) is 5.56 Å². The Morgan fingerprint density at radius 2 is 1.90 bits per heavy atom. The van der Waals surface area contributed by atoms with Crippen molar-refractivity contribution in [2.45, 2.75) is 19.8 Å². The van der Waals surface area contributed by atoms with E-state index in [9.17, 15) is 4.79 Å². The molecule has 0 saturated heterocycles. The molecule has 0 heterocycles. The minimum Gasteiger partial charge on any atom is -0.296 e. The van der Waals surface area contributed by atoms with Gasteiger partial charge in [-0.1, -0.05) is 61.9 Å². The quantitative estimate of drug-likeness (QED) is 0.501. The van der Waals surface area contributed by atoms with Gasteiger partial charge in [0, 0.05) is 0 Å². The van der Waals surface area contributed by atoms with Gasteiger partial charge in [-0.3, -0.25) is 4.89 Å². The van der Waals surface area contributed by atoms with Crippen molar-refractivity contribution in [2.24, 2.45) is 0 Å². The summed E-state index contributed by atoms with van der Waals surface area (Å²) >= 11 is 0. The van der Waals surface area contributed by atoms with Crippen molar-refractivity contribution < 1.29 is 14.9 Å². The first-order valence-corrected chi connectivity index (χ1v) is 6.96. The summed E-state index contributed by atoms with van der Waals surface area (Å²) in [6.45, 7) is 2.09. The van der Waals surface area contributed by atoms with E-state index < -0.39 is 5.97 Å². The molecular formula is C18H18O3. The summed E-state index contributed by atoms with van der Waals surface area (Å²) in [6, 6.07) is 15.3. The molecule has 0 radical (unpaired) electrons. The van der Waals surface area contributed by atoms with Crippen molar-refractivity contribution in [2.75, 3.05) is 0 Å². The molecule has 3 heteroatoms. The number of aryl methyl sites for hydroxylation is 1. The van der Waals surface area contributed by atoms with Crippen LogP contribution in [-0.2, 0) is 11.3 Å². The monoisotopic (exact) mass is 282 g/mol. The van der Waals surface area contributed by atoms with Crippen LogP contribution in [0.5, 0.6) is 0 Å². The molecule has 21 heavy (non-hydrogen) atoms. The Labute approximate surface area is 124 Å². The normalized spacial score (nSPS) is 10.8. The molecule has 0 aliphatic heterocycles. The van der Waals surface area contributed by atoms with Crippen LogP contribution in [0.25, 0.3) is 12.2 Å². The molecule has 0 fully saturated rings. The maximum atomic E-state index is 11.4. The fraction of sp³-hybridized carbons (Fsp3) is 0.167. The van der Waals surface area contributed by atoms with Crippen LogP contribution in [-0.4, -0.2) is 11.2 Å². The van der Waals surface area contributed by atoms with Crippen LogP contribution in [0.3, 0.4) is 0 Å². The number of rotatable bonds is 5. The lowest BCUT2D eigenvalue weighted by Gasteiger charge is -2.07. The number of carbonyl (C=O) groups excluding carboxylic acids is 1. The SMILES string of the molecule is CCCc1cc(C(=O)OO)ccc1C=Cc1ccccc1. The Morgan fingerprint density at radius 3 is 2.57 bits per heavy atom. The van der Waals surface area contributed by atoms with Gasteiger partial charge >= 0.3 is 5.97 Å². The molecule has 2 aromatic carbocycles. The molecule has 2 rings (SSSR count). The van der Waals surface area contributed by atoms with Crippen molar-refractivity contribution in [3.63, 3.8) is 0 Å². The molecule has 0 aliphatic rings. The van der Waals surface area contributed by atoms with Crippen LogP contribution in [0, 0.1) is 0 Å². The zero-order valence-electron chi connectivity index (χ0n) is 12.0. The van der Waals surface area contributed by atoms with Gasteiger partial charge in [0.15, 0.2) is 0 Å². The summed E-state index contributed by atoms with van der Waals surface area (Å²) < 4.78 is 0. The third kappa shape index (κ3) is 4.04. The molecule has 0 aliphatic carbocycles. The highest BCUT2D eigenvalue weighted by Gasteiger charge is 2.09. The third-order valence-electron chi connectivity index (χ3n) is 3.24. The Morgan fingerprint density at radius 1 is 1.14 bits per heavy atom. The second kappa shape index (κ2) is 7.41. The van der Waals surface area contributed by atoms with E-state index in [2.05, 4.69) is 11.8 Å². The average Bonchev–Trinajstić information content (AvgIpc) is 2.54. The predicted octanol–water partition coefficient (Wildman–Crippen LogP) is 4.44. The number of benzene rings is 2. The zero-order valence-corrected chi connectivity index (χ0v) is 12.0. The molecule has 3 nitrogen and oxygen atoms in total. The van der Waals surface area contributed by atoms with Gasteiger partial charge in [0.05, 0.1) is 5.56 Å². The van der Waals surface area contributed by atoms with Crippen molar-refractivity contribution in [1.29, 1.82) is 0 Å². The number of hydrogen-bond acceptors (Lipinski definition) is 3. The minimum absolute atomic E-state index is 0.359. The van der Waals surface area contributed by atoms with E-state index in [-0.39, 0.29) is 0 Å². The second-order valence-electron chi connectivity index (χ2n) is 4.79. The van der Waals surface area contributed by atoms with Crippen molar-refractivity contribution in [1.82, 2.24) is 0 Å². The Hall–Kier alpha value is -2.39. The van der Waals surface area contributed by atoms with E-state index in [1.807, 2.05) is 48.6 Å². The maximum Gasteiger partial charge on any atom is 0.372 e. The van der Waals surface area contributed by atoms with E-state index in [0.717, 1.165) is 29.5 Å². The molecular weight excluding hydrogens is 264 g/mol. The lowest BCUT2D eigenvalue weighted by molar-refractivity contribution is -0.182. The maximum absolute atomic E-state index is 11.4. The first kappa shape index (κ1) is 15.0. The molecule has 108 valence electrons. The topological polar surface area (TPSA) is 46.5 Å². The Bertz CT molecular complexity index is 630. The number of hydrogen-bond donors (Lipinski definition) is 1. The van der Waals surface area contributed by atoms with Crippen LogP contribution in [0.15, 0.2) is 48.5 Å². The van der Waals surface area contributed by atoms with Gasteiger partial charge in [-0.2, -0.15) is 5.26 Å². The summed E-state index contributed by atoms with van der Waals surface area (Å²) in [5.41, 5.74) is 3.61. The average molecular weight is 282 g/mol. The standard InChI is InChI=1S/C18H18O3/c1-2-6-16-13-17(18(19)21-20)12-11-15(16)10-9-14-7-4-3-5-8-14/h3-5,7-13,20H,2,6H2,1H3. The third-order valence-corrected chi connectivity index (χ3v) is 3.24. The van der Waals surface area contributed by atoms with E-state index in [1.54, 1.807) is 12.1 Å². The Kier molecular flexibility index (Phi) is 5.29. The molecule has 0 unspecified atom stereocenters. The van der Waals surface area contributed by atoms with Gasteiger partial charge in [-0.15, -0.1) is 0 Å². The lowest BCUT2D eigenvalue weighted by atomic mass is 9.99. The first-order valence-electron chi connectivity index (χ1n) is 6.96. The van der Waals surface area contributed by atoms with Crippen molar-refractivity contribution in [3.8, 4) is 0 Å². The molecule has 0 atom stereocenters. The molecule has 0 amide bonds. The number of carbonyl (C=O) groups is 1. The van der Waals surface area contributed by atoms with Gasteiger partial charge in [-0.05, 0) is 35.2 Å². The molecule has 1 N–H and O–H groups in total. The highest BCUT2D eigenvalue weighted by molar-refractivity contribution is 5.89. The van der Waals surface area contributed by atoms with Crippen LogP contribution in [0.4, 0.5) is 0 Å². The van der Waals surface area contributed by atoms with E-state index in [4.69, 9.17) is 5.26 Å². The van der Waals surface area contributed by atoms with Crippen molar-refractivity contribution in [3.05, 3.63) is 70.8 Å². The highest BCUT2D eigenvalue weighted by atomic mass is 17.1. The van der Waals surface area contributed by atoms with Gasteiger partial charge in [0.1, 0.15) is 0 Å². The van der Waals surface area contributed by atoms with Crippen LogP contribution < -0.4 is 0 Å². The second-order valence-corrected chi connectivity index (χ2v) is 4.79. The van der Waals surface area contributed by atoms with E-state index in [1.165, 1.54) is 0 Å². The molecule has 0 spiro atoms. The molecule has 0 bridgehead atoms. The lowest BCUT2D eigenvalue weighted by Crippen LogP contribution is -2.03. The van der Waals surface area contributed by atoms with Gasteiger partial charge in [-0.25, -0.2) is 4.79 Å². The minimum atomic E-state index is -0.731. The summed E-state index contributed by atoms with van der Waals surface area (Å²) in [4.78, 5) is 15.2. The van der Waals surface area contributed by atoms with Crippen molar-refractivity contribution >= 4 is 18.1 Å². The largest absolute Gasteiger partial charge is 0.372 e. The smallest absolute Gasteiger partial charge is 0.296 e. The predicted molar refractivity (Wildman–Crippen MR) is 83.9 cm³/mol. The van der Waals surface area contributed by atoms with Gasteiger partial charge in [0.25, 0.3) is 0 Å². The highest BCUT2D eigenvalue weighted by Crippen LogP contribution is 2.18. The first-order chi connectivity index (χ1) is 10.2. The fourth-order valence-corrected chi connectivity index (χ4v) is 2.18. The summed E-state index contributed by atoms with van der Waals surface area (Å²) in [5, 5.41) is 8.47. The zero-order chi connectivity index (χ0) is 15.1. The molecule has 0 saturated carbocycles. The Balaban J connectivity index is 2.30.